The number of hydrogen-bond donors (Lipinski definition) is 1. The Hall–Kier alpha value is 0.270. The quantitative estimate of drug-likeness (QED) is 0.700. The van der Waals surface area contributed by atoms with Crippen molar-refractivity contribution >= 4 is 12.6 Å². The average molecular weight is 203 g/mol. The second kappa shape index (κ2) is 4.67. The van der Waals surface area contributed by atoms with Gasteiger partial charge in [0.15, 0.2) is 0 Å². The number of ether oxygens (including phenoxy) is 1. The van der Waals surface area contributed by atoms with Crippen molar-refractivity contribution in [1.29, 1.82) is 0 Å². The topological polar surface area (TPSA) is 12.5 Å². The lowest BCUT2D eigenvalue weighted by Crippen LogP contribution is -2.49. The zero-order valence-electron chi connectivity index (χ0n) is 8.92. The van der Waals surface area contributed by atoms with Crippen LogP contribution in [0.4, 0.5) is 0 Å². The molecule has 1 atom stereocenters. The van der Waals surface area contributed by atoms with E-state index in [-0.39, 0.29) is 5.60 Å². The van der Waals surface area contributed by atoms with Crippen LogP contribution < -0.4 is 0 Å². The van der Waals surface area contributed by atoms with Crippen LogP contribution in [0.1, 0.15) is 20.8 Å². The lowest BCUT2D eigenvalue weighted by Gasteiger charge is -2.39. The molecule has 0 aromatic rings. The standard InChI is InChI=1S/C10H21NOS/c1-9(7-13)6-11-4-5-12-10(2,3)8-11/h9,13H,4-8H2,1-3H3. The van der Waals surface area contributed by atoms with Gasteiger partial charge in [0.05, 0.1) is 12.2 Å². The highest BCUT2D eigenvalue weighted by Crippen LogP contribution is 2.17. The molecule has 3 heteroatoms. The van der Waals surface area contributed by atoms with Crippen LogP contribution in [0.25, 0.3) is 0 Å². The van der Waals surface area contributed by atoms with Crippen LogP contribution in [0.15, 0.2) is 0 Å². The molecule has 1 heterocycles. The van der Waals surface area contributed by atoms with Crippen LogP contribution in [-0.4, -0.2) is 42.5 Å². The summed E-state index contributed by atoms with van der Waals surface area (Å²) in [6.07, 6.45) is 0. The SMILES string of the molecule is CC(CS)CN1CCOC(C)(C)C1. The van der Waals surface area contributed by atoms with E-state index in [1.54, 1.807) is 0 Å². The van der Waals surface area contributed by atoms with Crippen molar-refractivity contribution < 1.29 is 4.74 Å². The van der Waals surface area contributed by atoms with Crippen molar-refractivity contribution in [1.82, 2.24) is 4.90 Å². The first-order valence-corrected chi connectivity index (χ1v) is 5.64. The summed E-state index contributed by atoms with van der Waals surface area (Å²) < 4.78 is 5.65. The van der Waals surface area contributed by atoms with Gasteiger partial charge in [-0.2, -0.15) is 12.6 Å². The Kier molecular flexibility index (Phi) is 4.07. The Morgan fingerprint density at radius 2 is 2.23 bits per heavy atom. The maximum atomic E-state index is 5.65. The van der Waals surface area contributed by atoms with Gasteiger partial charge in [-0.25, -0.2) is 0 Å². The zero-order valence-corrected chi connectivity index (χ0v) is 9.81. The van der Waals surface area contributed by atoms with E-state index < -0.39 is 0 Å². The lowest BCUT2D eigenvalue weighted by molar-refractivity contribution is -0.0879. The Morgan fingerprint density at radius 3 is 2.77 bits per heavy atom. The highest BCUT2D eigenvalue weighted by atomic mass is 32.1. The summed E-state index contributed by atoms with van der Waals surface area (Å²) in [7, 11) is 0. The summed E-state index contributed by atoms with van der Waals surface area (Å²) in [4.78, 5) is 2.48. The molecule has 1 saturated heterocycles. The Bertz CT molecular complexity index is 161. The van der Waals surface area contributed by atoms with E-state index in [1.165, 1.54) is 0 Å². The molecule has 1 rings (SSSR count). The second-order valence-corrected chi connectivity index (χ2v) is 5.00. The fourth-order valence-corrected chi connectivity index (χ4v) is 1.88. The van der Waals surface area contributed by atoms with Gasteiger partial charge in [-0.1, -0.05) is 6.92 Å². The Balaban J connectivity index is 2.34. The Labute approximate surface area is 87.0 Å². The monoisotopic (exact) mass is 203 g/mol. The Morgan fingerprint density at radius 1 is 1.54 bits per heavy atom. The van der Waals surface area contributed by atoms with Crippen LogP contribution in [0, 0.1) is 5.92 Å². The molecule has 0 aromatic heterocycles. The molecule has 0 radical (unpaired) electrons. The molecule has 1 fully saturated rings. The summed E-state index contributed by atoms with van der Waals surface area (Å²) in [5.41, 5.74) is 0.0363. The molecule has 1 aliphatic heterocycles. The van der Waals surface area contributed by atoms with E-state index in [0.717, 1.165) is 32.0 Å². The number of thiol groups is 1. The second-order valence-electron chi connectivity index (χ2n) is 4.63. The van der Waals surface area contributed by atoms with Crippen molar-refractivity contribution in [2.45, 2.75) is 26.4 Å². The molecule has 2 nitrogen and oxygen atoms in total. The van der Waals surface area contributed by atoms with Crippen molar-refractivity contribution in [2.24, 2.45) is 5.92 Å². The summed E-state index contributed by atoms with van der Waals surface area (Å²) in [5, 5.41) is 0. The first kappa shape index (κ1) is 11.3. The van der Waals surface area contributed by atoms with E-state index >= 15 is 0 Å². The summed E-state index contributed by atoms with van der Waals surface area (Å²) in [6.45, 7) is 10.7. The third kappa shape index (κ3) is 3.88. The third-order valence-corrected chi connectivity index (χ3v) is 3.01. The minimum Gasteiger partial charge on any atom is -0.373 e. The first-order valence-electron chi connectivity index (χ1n) is 5.01. The lowest BCUT2D eigenvalue weighted by atomic mass is 10.1. The van der Waals surface area contributed by atoms with Crippen LogP contribution >= 0.6 is 12.6 Å². The van der Waals surface area contributed by atoms with Gasteiger partial charge in [-0.3, -0.25) is 4.90 Å². The minimum absolute atomic E-state index is 0.0363. The van der Waals surface area contributed by atoms with E-state index in [1.807, 2.05) is 0 Å². The molecule has 1 aliphatic rings. The number of morpholine rings is 1. The van der Waals surface area contributed by atoms with E-state index in [0.29, 0.717) is 5.92 Å². The average Bonchev–Trinajstić information content (AvgIpc) is 2.02. The first-order chi connectivity index (χ1) is 6.03. The van der Waals surface area contributed by atoms with Crippen LogP contribution in [0.5, 0.6) is 0 Å². The van der Waals surface area contributed by atoms with Crippen LogP contribution in [-0.2, 0) is 4.74 Å². The number of nitrogens with zero attached hydrogens (tertiary/aromatic N) is 1. The normalized spacial score (nSPS) is 25.8. The molecule has 13 heavy (non-hydrogen) atoms. The van der Waals surface area contributed by atoms with Gasteiger partial charge in [0.1, 0.15) is 0 Å². The van der Waals surface area contributed by atoms with E-state index in [2.05, 4.69) is 38.3 Å². The fourth-order valence-electron chi connectivity index (χ4n) is 1.77. The predicted molar refractivity (Wildman–Crippen MR) is 59.5 cm³/mol. The van der Waals surface area contributed by atoms with E-state index in [9.17, 15) is 0 Å². The zero-order chi connectivity index (χ0) is 9.90. The van der Waals surface area contributed by atoms with Gasteiger partial charge in [0.25, 0.3) is 0 Å². The highest BCUT2D eigenvalue weighted by Gasteiger charge is 2.27. The van der Waals surface area contributed by atoms with Crippen molar-refractivity contribution in [3.63, 3.8) is 0 Å². The minimum atomic E-state index is 0.0363. The third-order valence-electron chi connectivity index (χ3n) is 2.39. The van der Waals surface area contributed by atoms with Crippen LogP contribution in [0.2, 0.25) is 0 Å². The predicted octanol–water partition coefficient (Wildman–Crippen LogP) is 1.66. The van der Waals surface area contributed by atoms with Gasteiger partial charge in [-0.15, -0.1) is 0 Å². The molecule has 0 aliphatic carbocycles. The smallest absolute Gasteiger partial charge is 0.0753 e. The summed E-state index contributed by atoms with van der Waals surface area (Å²) in [5.74, 6) is 1.65. The van der Waals surface area contributed by atoms with E-state index in [4.69, 9.17) is 4.74 Å². The molecular formula is C10H21NOS. The highest BCUT2D eigenvalue weighted by molar-refractivity contribution is 7.80. The number of hydrogen-bond acceptors (Lipinski definition) is 3. The molecule has 0 spiro atoms. The molecule has 0 aromatic carbocycles. The largest absolute Gasteiger partial charge is 0.373 e. The summed E-state index contributed by atoms with van der Waals surface area (Å²) in [6, 6.07) is 0. The van der Waals surface area contributed by atoms with Gasteiger partial charge in [0.2, 0.25) is 0 Å². The molecule has 0 saturated carbocycles. The van der Waals surface area contributed by atoms with Crippen molar-refractivity contribution in [3.05, 3.63) is 0 Å². The van der Waals surface area contributed by atoms with Crippen molar-refractivity contribution in [3.8, 4) is 0 Å². The van der Waals surface area contributed by atoms with Gasteiger partial charge in [0, 0.05) is 19.6 Å². The molecular weight excluding hydrogens is 182 g/mol. The molecule has 1 unspecified atom stereocenters. The summed E-state index contributed by atoms with van der Waals surface area (Å²) >= 11 is 4.30. The molecule has 0 N–H and O–H groups in total. The van der Waals surface area contributed by atoms with Gasteiger partial charge in [-0.05, 0) is 25.5 Å². The van der Waals surface area contributed by atoms with Crippen molar-refractivity contribution in [2.75, 3.05) is 32.0 Å². The fraction of sp³-hybridized carbons (Fsp3) is 1.00. The molecule has 0 amide bonds. The maximum Gasteiger partial charge on any atom is 0.0753 e. The van der Waals surface area contributed by atoms with Crippen LogP contribution in [0.3, 0.4) is 0 Å². The van der Waals surface area contributed by atoms with Gasteiger partial charge < -0.3 is 4.74 Å². The maximum absolute atomic E-state index is 5.65. The number of rotatable bonds is 3. The molecule has 0 bridgehead atoms. The van der Waals surface area contributed by atoms with Gasteiger partial charge >= 0.3 is 0 Å². The molecule has 78 valence electrons.